The first-order chi connectivity index (χ1) is 13.1. The number of aliphatic imine (C=N–C) groups is 1. The highest BCUT2D eigenvalue weighted by Crippen LogP contribution is 2.56. The number of rotatable bonds is 4. The predicted octanol–water partition coefficient (Wildman–Crippen LogP) is 5.40. The van der Waals surface area contributed by atoms with E-state index in [0.29, 0.717) is 23.8 Å². The lowest BCUT2D eigenvalue weighted by Crippen LogP contribution is -2.53. The standard InChI is InChI=1S/C24H23F2N/c25-18-8-4-16(5-9-18)12-24(13-17-6-10-19(26)11-7-17)14-23-21-3-1-2-20(21)22(24)15-27-23/h1-2,4-11,15,20-23H,3,12-14H2. The van der Waals surface area contributed by atoms with Gasteiger partial charge in [-0.2, -0.15) is 0 Å². The van der Waals surface area contributed by atoms with Crippen molar-refractivity contribution in [3.8, 4) is 0 Å². The highest BCUT2D eigenvalue weighted by molar-refractivity contribution is 5.67. The second-order valence-electron chi connectivity index (χ2n) is 8.47. The summed E-state index contributed by atoms with van der Waals surface area (Å²) in [7, 11) is 0. The second-order valence-corrected chi connectivity index (χ2v) is 8.47. The minimum absolute atomic E-state index is 0.0396. The van der Waals surface area contributed by atoms with Crippen molar-refractivity contribution in [1.82, 2.24) is 0 Å². The van der Waals surface area contributed by atoms with Gasteiger partial charge in [0.15, 0.2) is 0 Å². The number of benzene rings is 2. The minimum Gasteiger partial charge on any atom is -0.294 e. The van der Waals surface area contributed by atoms with Gasteiger partial charge in [0.05, 0.1) is 6.04 Å². The Morgan fingerprint density at radius 1 is 0.889 bits per heavy atom. The molecule has 27 heavy (non-hydrogen) atoms. The highest BCUT2D eigenvalue weighted by Gasteiger charge is 2.54. The summed E-state index contributed by atoms with van der Waals surface area (Å²) in [5.74, 6) is 1.16. The van der Waals surface area contributed by atoms with E-state index in [2.05, 4.69) is 18.4 Å². The van der Waals surface area contributed by atoms with Gasteiger partial charge >= 0.3 is 0 Å². The van der Waals surface area contributed by atoms with E-state index >= 15 is 0 Å². The van der Waals surface area contributed by atoms with Gasteiger partial charge in [-0.05, 0) is 78.3 Å². The van der Waals surface area contributed by atoms with Gasteiger partial charge in [-0.3, -0.25) is 4.99 Å². The van der Waals surface area contributed by atoms with Crippen molar-refractivity contribution >= 4 is 6.21 Å². The Morgan fingerprint density at radius 2 is 1.48 bits per heavy atom. The molecular weight excluding hydrogens is 340 g/mol. The van der Waals surface area contributed by atoms with Gasteiger partial charge in [-0.1, -0.05) is 36.4 Å². The van der Waals surface area contributed by atoms with Crippen molar-refractivity contribution in [3.05, 3.63) is 83.4 Å². The van der Waals surface area contributed by atoms with Crippen LogP contribution in [0.15, 0.2) is 65.7 Å². The fraction of sp³-hybridized carbons (Fsp3) is 0.375. The lowest BCUT2D eigenvalue weighted by atomic mass is 9.52. The normalized spacial score (nSPS) is 29.9. The molecule has 2 aliphatic carbocycles. The third-order valence-corrected chi connectivity index (χ3v) is 6.87. The zero-order valence-electron chi connectivity index (χ0n) is 15.2. The van der Waals surface area contributed by atoms with Gasteiger partial charge < -0.3 is 0 Å². The van der Waals surface area contributed by atoms with E-state index in [1.54, 1.807) is 24.3 Å². The van der Waals surface area contributed by atoms with Crippen molar-refractivity contribution in [1.29, 1.82) is 0 Å². The largest absolute Gasteiger partial charge is 0.294 e. The third-order valence-electron chi connectivity index (χ3n) is 6.87. The molecule has 2 bridgehead atoms. The van der Waals surface area contributed by atoms with Crippen LogP contribution in [-0.2, 0) is 12.8 Å². The van der Waals surface area contributed by atoms with Crippen LogP contribution in [0.25, 0.3) is 0 Å². The van der Waals surface area contributed by atoms with Crippen LogP contribution in [0, 0.1) is 34.8 Å². The Labute approximate surface area is 158 Å². The molecule has 6 rings (SSSR count). The fourth-order valence-corrected chi connectivity index (χ4v) is 5.69. The summed E-state index contributed by atoms with van der Waals surface area (Å²) >= 11 is 0. The molecule has 0 spiro atoms. The molecule has 2 aliphatic heterocycles. The smallest absolute Gasteiger partial charge is 0.123 e. The second kappa shape index (κ2) is 6.40. The molecule has 0 aromatic heterocycles. The van der Waals surface area contributed by atoms with E-state index in [-0.39, 0.29) is 17.0 Å². The third kappa shape index (κ3) is 2.93. The Hall–Kier alpha value is -2.29. The van der Waals surface area contributed by atoms with Crippen LogP contribution in [0.4, 0.5) is 8.78 Å². The van der Waals surface area contributed by atoms with E-state index in [9.17, 15) is 8.78 Å². The number of hydrogen-bond donors (Lipinski definition) is 0. The van der Waals surface area contributed by atoms with Crippen molar-refractivity contribution in [2.24, 2.45) is 28.2 Å². The molecule has 1 fully saturated rings. The molecule has 0 radical (unpaired) electrons. The maximum absolute atomic E-state index is 13.4. The number of hydrogen-bond acceptors (Lipinski definition) is 1. The van der Waals surface area contributed by atoms with Gasteiger partial charge in [-0.25, -0.2) is 8.78 Å². The maximum Gasteiger partial charge on any atom is 0.123 e. The maximum atomic E-state index is 13.4. The Kier molecular flexibility index (Phi) is 3.99. The molecule has 0 N–H and O–H groups in total. The molecule has 1 nitrogen and oxygen atoms in total. The lowest BCUT2D eigenvalue weighted by molar-refractivity contribution is 0.0448. The van der Waals surface area contributed by atoms with Gasteiger partial charge in [0.25, 0.3) is 0 Å². The Balaban J connectivity index is 1.53. The molecule has 138 valence electrons. The first-order valence-electron chi connectivity index (χ1n) is 9.82. The first-order valence-corrected chi connectivity index (χ1v) is 9.82. The zero-order valence-corrected chi connectivity index (χ0v) is 15.2. The Morgan fingerprint density at radius 3 is 2.07 bits per heavy atom. The number of halogens is 2. The summed E-state index contributed by atoms with van der Waals surface area (Å²) in [6.45, 7) is 0. The SMILES string of the molecule is Fc1ccc(CC2(Cc3ccc(F)cc3)CC3N=CC2C2C=CCC32)cc1. The van der Waals surface area contributed by atoms with Crippen molar-refractivity contribution < 1.29 is 8.78 Å². The minimum atomic E-state index is -0.197. The molecule has 0 amide bonds. The van der Waals surface area contributed by atoms with Crippen LogP contribution in [-0.4, -0.2) is 12.3 Å². The highest BCUT2D eigenvalue weighted by atomic mass is 19.1. The molecule has 2 aromatic carbocycles. The first kappa shape index (κ1) is 16.9. The van der Waals surface area contributed by atoms with Crippen molar-refractivity contribution in [2.45, 2.75) is 31.7 Å². The average molecular weight is 363 g/mol. The van der Waals surface area contributed by atoms with Gasteiger partial charge in [0.2, 0.25) is 0 Å². The summed E-state index contributed by atoms with van der Waals surface area (Å²) in [6, 6.07) is 14.2. The van der Waals surface area contributed by atoms with Crippen LogP contribution in [0.3, 0.4) is 0 Å². The molecule has 2 aromatic rings. The molecule has 1 saturated carbocycles. The van der Waals surface area contributed by atoms with Crippen LogP contribution in [0.1, 0.15) is 24.0 Å². The van der Waals surface area contributed by atoms with Gasteiger partial charge in [0.1, 0.15) is 11.6 Å². The quantitative estimate of drug-likeness (QED) is 0.645. The predicted molar refractivity (Wildman–Crippen MR) is 104 cm³/mol. The molecule has 3 heteroatoms. The van der Waals surface area contributed by atoms with E-state index in [0.717, 1.165) is 36.8 Å². The summed E-state index contributed by atoms with van der Waals surface area (Å²) in [4.78, 5) is 4.86. The number of fused-ring (bicyclic) bond motifs is 1. The van der Waals surface area contributed by atoms with Crippen molar-refractivity contribution in [3.63, 3.8) is 0 Å². The molecular formula is C24H23F2N. The van der Waals surface area contributed by atoms with E-state index in [4.69, 9.17) is 4.99 Å². The summed E-state index contributed by atoms with van der Waals surface area (Å²) in [6.07, 6.45) is 10.9. The fourth-order valence-electron chi connectivity index (χ4n) is 5.69. The van der Waals surface area contributed by atoms with Crippen LogP contribution < -0.4 is 0 Å². The summed E-state index contributed by atoms with van der Waals surface area (Å²) in [5, 5.41) is 0. The number of allylic oxidation sites excluding steroid dienone is 2. The van der Waals surface area contributed by atoms with Crippen LogP contribution >= 0.6 is 0 Å². The summed E-state index contributed by atoms with van der Waals surface area (Å²) in [5.41, 5.74) is 2.37. The van der Waals surface area contributed by atoms with E-state index in [1.807, 2.05) is 24.3 Å². The molecule has 4 aliphatic rings. The molecule has 2 heterocycles. The molecule has 4 atom stereocenters. The van der Waals surface area contributed by atoms with Crippen LogP contribution in [0.5, 0.6) is 0 Å². The molecule has 0 saturated heterocycles. The Bertz CT molecular complexity index is 834. The summed E-state index contributed by atoms with van der Waals surface area (Å²) < 4.78 is 26.8. The lowest BCUT2D eigenvalue weighted by Gasteiger charge is -2.54. The van der Waals surface area contributed by atoms with E-state index < -0.39 is 0 Å². The monoisotopic (exact) mass is 363 g/mol. The topological polar surface area (TPSA) is 12.4 Å². The van der Waals surface area contributed by atoms with Gasteiger partial charge in [0, 0.05) is 12.1 Å². The number of nitrogens with zero attached hydrogens (tertiary/aromatic N) is 1. The zero-order chi connectivity index (χ0) is 18.4. The molecule has 4 unspecified atom stereocenters. The van der Waals surface area contributed by atoms with Gasteiger partial charge in [-0.15, -0.1) is 0 Å². The van der Waals surface area contributed by atoms with Crippen molar-refractivity contribution in [2.75, 3.05) is 0 Å². The van der Waals surface area contributed by atoms with E-state index in [1.165, 1.54) is 0 Å². The average Bonchev–Trinajstić information content (AvgIpc) is 3.17. The van der Waals surface area contributed by atoms with Crippen LogP contribution in [0.2, 0.25) is 0 Å².